The standard InChI is InChI=1S/C11H13NO/c1-4-9-12-10-7(2)5-6-8(3)11(10)13-9/h5-6H,4H2,1-3H3. The second kappa shape index (κ2) is 2.87. The summed E-state index contributed by atoms with van der Waals surface area (Å²) in [5.74, 6) is 0.826. The summed E-state index contributed by atoms with van der Waals surface area (Å²) in [5, 5.41) is 0. The quantitative estimate of drug-likeness (QED) is 0.665. The maximum absolute atomic E-state index is 5.62. The molecule has 68 valence electrons. The van der Waals surface area contributed by atoms with Gasteiger partial charge in [0.15, 0.2) is 11.5 Å². The Kier molecular flexibility index (Phi) is 1.83. The van der Waals surface area contributed by atoms with Crippen LogP contribution in [0.1, 0.15) is 23.9 Å². The number of benzene rings is 1. The second-order valence-electron chi connectivity index (χ2n) is 3.34. The number of aromatic nitrogens is 1. The van der Waals surface area contributed by atoms with Gasteiger partial charge in [0.2, 0.25) is 0 Å². The third-order valence-corrected chi connectivity index (χ3v) is 2.29. The van der Waals surface area contributed by atoms with E-state index in [9.17, 15) is 0 Å². The minimum atomic E-state index is 0.826. The summed E-state index contributed by atoms with van der Waals surface area (Å²) in [6.45, 7) is 6.16. The predicted molar refractivity (Wildman–Crippen MR) is 52.9 cm³/mol. The molecular weight excluding hydrogens is 162 g/mol. The highest BCUT2D eigenvalue weighted by Crippen LogP contribution is 2.22. The topological polar surface area (TPSA) is 26.0 Å². The van der Waals surface area contributed by atoms with Crippen LogP contribution in [0, 0.1) is 13.8 Å². The lowest BCUT2D eigenvalue weighted by molar-refractivity contribution is 0.536. The molecule has 0 saturated heterocycles. The molecule has 0 bridgehead atoms. The molecule has 0 aliphatic rings. The van der Waals surface area contributed by atoms with Crippen molar-refractivity contribution in [2.45, 2.75) is 27.2 Å². The molecule has 0 unspecified atom stereocenters. The Bertz CT molecular complexity index is 404. The van der Waals surface area contributed by atoms with Gasteiger partial charge in [0.1, 0.15) is 5.52 Å². The maximum Gasteiger partial charge on any atom is 0.195 e. The van der Waals surface area contributed by atoms with Gasteiger partial charge in [-0.15, -0.1) is 0 Å². The van der Waals surface area contributed by atoms with Crippen molar-refractivity contribution < 1.29 is 4.42 Å². The molecule has 1 aromatic carbocycles. The fraction of sp³-hybridized carbons (Fsp3) is 0.364. The van der Waals surface area contributed by atoms with Gasteiger partial charge < -0.3 is 4.42 Å². The van der Waals surface area contributed by atoms with Crippen molar-refractivity contribution in [3.05, 3.63) is 29.2 Å². The third-order valence-electron chi connectivity index (χ3n) is 2.29. The minimum Gasteiger partial charge on any atom is -0.440 e. The molecule has 0 atom stereocenters. The monoisotopic (exact) mass is 175 g/mol. The Labute approximate surface area is 77.6 Å². The molecule has 0 aliphatic carbocycles. The molecule has 0 spiro atoms. The van der Waals surface area contributed by atoms with Gasteiger partial charge in [-0.2, -0.15) is 0 Å². The van der Waals surface area contributed by atoms with Crippen LogP contribution < -0.4 is 0 Å². The molecule has 0 saturated carbocycles. The predicted octanol–water partition coefficient (Wildman–Crippen LogP) is 3.01. The SMILES string of the molecule is CCc1nc2c(C)ccc(C)c2o1. The number of nitrogens with zero attached hydrogens (tertiary/aromatic N) is 1. The van der Waals surface area contributed by atoms with E-state index in [1.165, 1.54) is 5.56 Å². The van der Waals surface area contributed by atoms with Crippen molar-refractivity contribution in [2.24, 2.45) is 0 Å². The summed E-state index contributed by atoms with van der Waals surface area (Å²) in [6, 6.07) is 4.15. The van der Waals surface area contributed by atoms with Gasteiger partial charge in [0, 0.05) is 6.42 Å². The van der Waals surface area contributed by atoms with E-state index in [0.717, 1.165) is 29.0 Å². The molecule has 0 aliphatic heterocycles. The van der Waals surface area contributed by atoms with Crippen LogP contribution in [0.4, 0.5) is 0 Å². The molecule has 13 heavy (non-hydrogen) atoms. The molecule has 0 fully saturated rings. The number of rotatable bonds is 1. The average Bonchev–Trinajstić information content (AvgIpc) is 2.56. The van der Waals surface area contributed by atoms with Crippen LogP contribution in [-0.4, -0.2) is 4.98 Å². The Balaban J connectivity index is 2.80. The van der Waals surface area contributed by atoms with Gasteiger partial charge in [-0.05, 0) is 25.0 Å². The minimum absolute atomic E-state index is 0.826. The van der Waals surface area contributed by atoms with Crippen molar-refractivity contribution in [1.82, 2.24) is 4.98 Å². The van der Waals surface area contributed by atoms with E-state index in [0.29, 0.717) is 0 Å². The van der Waals surface area contributed by atoms with E-state index in [4.69, 9.17) is 4.42 Å². The second-order valence-corrected chi connectivity index (χ2v) is 3.34. The lowest BCUT2D eigenvalue weighted by atomic mass is 10.1. The van der Waals surface area contributed by atoms with Crippen molar-refractivity contribution in [1.29, 1.82) is 0 Å². The van der Waals surface area contributed by atoms with Crippen LogP contribution in [0.25, 0.3) is 11.1 Å². The lowest BCUT2D eigenvalue weighted by Gasteiger charge is -1.94. The van der Waals surface area contributed by atoms with E-state index >= 15 is 0 Å². The summed E-state index contributed by atoms with van der Waals surface area (Å²) in [4.78, 5) is 4.42. The zero-order chi connectivity index (χ0) is 9.42. The first kappa shape index (κ1) is 8.30. The van der Waals surface area contributed by atoms with Gasteiger partial charge in [-0.1, -0.05) is 19.1 Å². The van der Waals surface area contributed by atoms with Crippen LogP contribution in [0.2, 0.25) is 0 Å². The zero-order valence-corrected chi connectivity index (χ0v) is 8.22. The van der Waals surface area contributed by atoms with Crippen molar-refractivity contribution in [2.75, 3.05) is 0 Å². The first-order valence-corrected chi connectivity index (χ1v) is 4.58. The molecule has 1 aromatic heterocycles. The fourth-order valence-electron chi connectivity index (χ4n) is 1.45. The number of oxazole rings is 1. The highest BCUT2D eigenvalue weighted by atomic mass is 16.3. The number of aryl methyl sites for hydroxylation is 3. The lowest BCUT2D eigenvalue weighted by Crippen LogP contribution is -1.79. The molecule has 0 radical (unpaired) electrons. The van der Waals surface area contributed by atoms with E-state index in [1.807, 2.05) is 6.92 Å². The molecule has 2 nitrogen and oxygen atoms in total. The van der Waals surface area contributed by atoms with Crippen LogP contribution >= 0.6 is 0 Å². The first-order chi connectivity index (χ1) is 6.22. The third kappa shape index (κ3) is 1.22. The highest BCUT2D eigenvalue weighted by molar-refractivity contribution is 5.79. The number of hydrogen-bond acceptors (Lipinski definition) is 2. The van der Waals surface area contributed by atoms with Crippen LogP contribution in [0.5, 0.6) is 0 Å². The van der Waals surface area contributed by atoms with Gasteiger partial charge in [0.05, 0.1) is 0 Å². The fourth-order valence-corrected chi connectivity index (χ4v) is 1.45. The van der Waals surface area contributed by atoms with Crippen molar-refractivity contribution in [3.8, 4) is 0 Å². The Morgan fingerprint density at radius 3 is 2.54 bits per heavy atom. The molecular formula is C11H13NO. The molecule has 2 aromatic rings. The Morgan fingerprint density at radius 1 is 1.23 bits per heavy atom. The number of fused-ring (bicyclic) bond motifs is 1. The molecule has 2 rings (SSSR count). The summed E-state index contributed by atoms with van der Waals surface area (Å²) >= 11 is 0. The summed E-state index contributed by atoms with van der Waals surface area (Å²) in [7, 11) is 0. The van der Waals surface area contributed by atoms with Gasteiger partial charge in [-0.25, -0.2) is 4.98 Å². The molecule has 2 heteroatoms. The van der Waals surface area contributed by atoms with Crippen molar-refractivity contribution in [3.63, 3.8) is 0 Å². The van der Waals surface area contributed by atoms with Crippen LogP contribution in [-0.2, 0) is 6.42 Å². The summed E-state index contributed by atoms with van der Waals surface area (Å²) in [6.07, 6.45) is 0.855. The Morgan fingerprint density at radius 2 is 1.92 bits per heavy atom. The van der Waals surface area contributed by atoms with E-state index in [-0.39, 0.29) is 0 Å². The van der Waals surface area contributed by atoms with E-state index in [1.54, 1.807) is 0 Å². The van der Waals surface area contributed by atoms with Crippen LogP contribution in [0.3, 0.4) is 0 Å². The van der Waals surface area contributed by atoms with E-state index in [2.05, 4.69) is 31.0 Å². The maximum atomic E-state index is 5.62. The van der Waals surface area contributed by atoms with Crippen molar-refractivity contribution >= 4 is 11.1 Å². The molecule has 0 N–H and O–H groups in total. The van der Waals surface area contributed by atoms with Gasteiger partial charge in [-0.3, -0.25) is 0 Å². The summed E-state index contributed by atoms with van der Waals surface area (Å²) < 4.78 is 5.62. The van der Waals surface area contributed by atoms with Crippen LogP contribution in [0.15, 0.2) is 16.5 Å². The largest absolute Gasteiger partial charge is 0.440 e. The Hall–Kier alpha value is -1.31. The molecule has 0 amide bonds. The molecule has 1 heterocycles. The average molecular weight is 175 g/mol. The normalized spacial score (nSPS) is 11.0. The smallest absolute Gasteiger partial charge is 0.195 e. The number of hydrogen-bond donors (Lipinski definition) is 0. The summed E-state index contributed by atoms with van der Waals surface area (Å²) in [5.41, 5.74) is 4.30. The van der Waals surface area contributed by atoms with Gasteiger partial charge >= 0.3 is 0 Å². The first-order valence-electron chi connectivity index (χ1n) is 4.58. The highest BCUT2D eigenvalue weighted by Gasteiger charge is 2.08. The van der Waals surface area contributed by atoms with Gasteiger partial charge in [0.25, 0.3) is 0 Å². The zero-order valence-electron chi connectivity index (χ0n) is 8.22. The van der Waals surface area contributed by atoms with E-state index < -0.39 is 0 Å².